The molecule has 1 aliphatic heterocycles. The van der Waals surface area contributed by atoms with E-state index in [-0.39, 0.29) is 11.7 Å². The largest absolute Gasteiger partial charge is 0.356 e. The number of carbonyl (C=O) groups is 1. The minimum absolute atomic E-state index is 0.182. The summed E-state index contributed by atoms with van der Waals surface area (Å²) >= 11 is 3.51. The summed E-state index contributed by atoms with van der Waals surface area (Å²) in [6, 6.07) is 10.4. The average molecular weight is 414 g/mol. The van der Waals surface area contributed by atoms with Crippen LogP contribution in [0, 0.1) is 5.82 Å². The Labute approximate surface area is 159 Å². The maximum atomic E-state index is 13.6. The normalized spacial score (nSPS) is 15.4. The number of carbonyl (C=O) groups excluding carboxylic acids is 1. The molecule has 4 nitrogen and oxygen atoms in total. The average Bonchev–Trinajstić information content (AvgIpc) is 2.67. The molecule has 26 heavy (non-hydrogen) atoms. The topological polar surface area (TPSA) is 46.1 Å². The Morgan fingerprint density at radius 1 is 1.12 bits per heavy atom. The van der Waals surface area contributed by atoms with E-state index in [1.165, 1.54) is 12.1 Å². The SMILES string of the molecule is O=Cc1ccc(F)cc1C1CCN(c2ncnc3ccc(Br)cc23)CC1. The first kappa shape index (κ1) is 17.1. The molecule has 0 N–H and O–H groups in total. The van der Waals surface area contributed by atoms with Crippen LogP contribution >= 0.6 is 15.9 Å². The molecule has 1 saturated heterocycles. The van der Waals surface area contributed by atoms with Crippen molar-refractivity contribution in [2.24, 2.45) is 0 Å². The summed E-state index contributed by atoms with van der Waals surface area (Å²) < 4.78 is 14.6. The van der Waals surface area contributed by atoms with Crippen LogP contribution in [0.4, 0.5) is 10.2 Å². The molecular weight excluding hydrogens is 397 g/mol. The van der Waals surface area contributed by atoms with Crippen molar-refractivity contribution in [3.8, 4) is 0 Å². The lowest BCUT2D eigenvalue weighted by Crippen LogP contribution is -2.34. The van der Waals surface area contributed by atoms with Crippen molar-refractivity contribution >= 4 is 38.9 Å². The molecule has 132 valence electrons. The van der Waals surface area contributed by atoms with Crippen LogP contribution in [0.3, 0.4) is 0 Å². The summed E-state index contributed by atoms with van der Waals surface area (Å²) in [6.45, 7) is 1.61. The molecule has 0 atom stereocenters. The molecule has 1 fully saturated rings. The van der Waals surface area contributed by atoms with Gasteiger partial charge in [0.1, 0.15) is 24.2 Å². The van der Waals surface area contributed by atoms with Crippen molar-refractivity contribution in [3.05, 3.63) is 64.1 Å². The lowest BCUT2D eigenvalue weighted by Gasteiger charge is -2.34. The van der Waals surface area contributed by atoms with E-state index in [1.54, 1.807) is 12.4 Å². The van der Waals surface area contributed by atoms with E-state index in [4.69, 9.17) is 0 Å². The Balaban J connectivity index is 1.59. The number of fused-ring (bicyclic) bond motifs is 1. The molecule has 2 heterocycles. The molecule has 0 radical (unpaired) electrons. The Kier molecular flexibility index (Phi) is 4.68. The Morgan fingerprint density at radius 3 is 2.69 bits per heavy atom. The number of aromatic nitrogens is 2. The third-order valence-corrected chi connectivity index (χ3v) is 5.48. The third-order valence-electron chi connectivity index (χ3n) is 4.99. The van der Waals surface area contributed by atoms with Gasteiger partial charge in [0, 0.05) is 28.5 Å². The number of benzene rings is 2. The lowest BCUT2D eigenvalue weighted by molar-refractivity contribution is 0.112. The summed E-state index contributed by atoms with van der Waals surface area (Å²) in [7, 11) is 0. The predicted molar refractivity (Wildman–Crippen MR) is 103 cm³/mol. The van der Waals surface area contributed by atoms with Crippen LogP contribution < -0.4 is 4.90 Å². The van der Waals surface area contributed by atoms with Gasteiger partial charge >= 0.3 is 0 Å². The highest BCUT2D eigenvalue weighted by molar-refractivity contribution is 9.10. The molecule has 1 aromatic heterocycles. The van der Waals surface area contributed by atoms with Gasteiger partial charge in [0.05, 0.1) is 5.52 Å². The number of rotatable bonds is 3. The van der Waals surface area contributed by atoms with Gasteiger partial charge < -0.3 is 4.90 Å². The fourth-order valence-corrected chi connectivity index (χ4v) is 4.04. The molecule has 6 heteroatoms. The van der Waals surface area contributed by atoms with E-state index in [9.17, 15) is 9.18 Å². The fraction of sp³-hybridized carbons (Fsp3) is 0.250. The molecule has 0 unspecified atom stereocenters. The number of hydrogen-bond donors (Lipinski definition) is 0. The molecule has 0 spiro atoms. The van der Waals surface area contributed by atoms with Gasteiger partial charge in [-0.3, -0.25) is 4.79 Å². The molecule has 0 amide bonds. The maximum Gasteiger partial charge on any atom is 0.150 e. The summed E-state index contributed by atoms with van der Waals surface area (Å²) in [4.78, 5) is 22.4. The van der Waals surface area contributed by atoms with Crippen molar-refractivity contribution in [2.75, 3.05) is 18.0 Å². The van der Waals surface area contributed by atoms with Crippen LogP contribution in [0.2, 0.25) is 0 Å². The van der Waals surface area contributed by atoms with Crippen molar-refractivity contribution in [1.82, 2.24) is 9.97 Å². The van der Waals surface area contributed by atoms with Crippen molar-refractivity contribution in [2.45, 2.75) is 18.8 Å². The maximum absolute atomic E-state index is 13.6. The van der Waals surface area contributed by atoms with Gasteiger partial charge in [0.2, 0.25) is 0 Å². The van der Waals surface area contributed by atoms with Crippen LogP contribution in [0.1, 0.15) is 34.7 Å². The minimum atomic E-state index is -0.292. The highest BCUT2D eigenvalue weighted by atomic mass is 79.9. The van der Waals surface area contributed by atoms with E-state index >= 15 is 0 Å². The second kappa shape index (κ2) is 7.11. The number of piperidine rings is 1. The molecule has 0 aliphatic carbocycles. The van der Waals surface area contributed by atoms with Gasteiger partial charge in [-0.15, -0.1) is 0 Å². The van der Waals surface area contributed by atoms with Gasteiger partial charge in [-0.1, -0.05) is 15.9 Å². The van der Waals surface area contributed by atoms with Crippen molar-refractivity contribution in [3.63, 3.8) is 0 Å². The fourth-order valence-electron chi connectivity index (χ4n) is 3.68. The molecule has 1 aliphatic rings. The van der Waals surface area contributed by atoms with E-state index in [0.29, 0.717) is 5.56 Å². The van der Waals surface area contributed by atoms with Crippen LogP contribution in [0.15, 0.2) is 47.2 Å². The summed E-state index contributed by atoms with van der Waals surface area (Å²) in [6.07, 6.45) is 4.11. The lowest BCUT2D eigenvalue weighted by atomic mass is 9.86. The monoisotopic (exact) mass is 413 g/mol. The number of anilines is 1. The first-order valence-electron chi connectivity index (χ1n) is 8.55. The molecule has 3 aromatic rings. The second-order valence-corrected chi connectivity index (χ2v) is 7.43. The molecule has 2 aromatic carbocycles. The quantitative estimate of drug-likeness (QED) is 0.582. The molecule has 4 rings (SSSR count). The van der Waals surface area contributed by atoms with Gasteiger partial charge in [0.15, 0.2) is 0 Å². The van der Waals surface area contributed by atoms with Crippen molar-refractivity contribution in [1.29, 1.82) is 0 Å². The second-order valence-electron chi connectivity index (χ2n) is 6.51. The third kappa shape index (κ3) is 3.21. The Bertz CT molecular complexity index is 970. The highest BCUT2D eigenvalue weighted by Crippen LogP contribution is 2.34. The number of hydrogen-bond acceptors (Lipinski definition) is 4. The Morgan fingerprint density at radius 2 is 1.92 bits per heavy atom. The van der Waals surface area contributed by atoms with Gasteiger partial charge in [-0.25, -0.2) is 14.4 Å². The minimum Gasteiger partial charge on any atom is -0.356 e. The Hall–Kier alpha value is -2.34. The van der Waals surface area contributed by atoms with Crippen molar-refractivity contribution < 1.29 is 9.18 Å². The summed E-state index contributed by atoms with van der Waals surface area (Å²) in [5, 5.41) is 1.01. The molecular formula is C20H17BrFN3O. The summed E-state index contributed by atoms with van der Waals surface area (Å²) in [5.41, 5.74) is 2.31. The van der Waals surface area contributed by atoms with Crippen LogP contribution in [0.5, 0.6) is 0 Å². The first-order chi connectivity index (χ1) is 12.7. The van der Waals surface area contributed by atoms with Gasteiger partial charge in [-0.05, 0) is 60.7 Å². The smallest absolute Gasteiger partial charge is 0.150 e. The van der Waals surface area contributed by atoms with E-state index in [0.717, 1.165) is 59.0 Å². The first-order valence-corrected chi connectivity index (χ1v) is 9.35. The molecule has 0 bridgehead atoms. The van der Waals surface area contributed by atoms with Crippen LogP contribution in [-0.4, -0.2) is 29.3 Å². The highest BCUT2D eigenvalue weighted by Gasteiger charge is 2.24. The number of nitrogens with zero attached hydrogens (tertiary/aromatic N) is 3. The standard InChI is InChI=1S/C20H17BrFN3O/c21-15-2-4-19-18(9-15)20(24-12-23-19)25-7-5-13(6-8-25)17-10-16(22)3-1-14(17)11-26/h1-4,9-13H,5-8H2. The number of halogens is 2. The van der Waals surface area contributed by atoms with Crippen LogP contribution in [-0.2, 0) is 0 Å². The van der Waals surface area contributed by atoms with Gasteiger partial charge in [-0.2, -0.15) is 0 Å². The summed E-state index contributed by atoms with van der Waals surface area (Å²) in [5.74, 6) is 0.811. The number of aldehydes is 1. The zero-order valence-corrected chi connectivity index (χ0v) is 15.6. The zero-order valence-electron chi connectivity index (χ0n) is 14.0. The van der Waals surface area contributed by atoms with E-state index in [2.05, 4.69) is 30.8 Å². The molecule has 0 saturated carbocycles. The zero-order chi connectivity index (χ0) is 18.1. The van der Waals surface area contributed by atoms with E-state index in [1.807, 2.05) is 18.2 Å². The van der Waals surface area contributed by atoms with Gasteiger partial charge in [0.25, 0.3) is 0 Å². The van der Waals surface area contributed by atoms with Crippen LogP contribution in [0.25, 0.3) is 10.9 Å². The predicted octanol–water partition coefficient (Wildman–Crippen LogP) is 4.73. The van der Waals surface area contributed by atoms with E-state index < -0.39 is 0 Å².